The normalized spacial score (nSPS) is 11.5. The number of ether oxygens (including phenoxy) is 1. The van der Waals surface area contributed by atoms with Crippen LogP contribution in [-0.4, -0.2) is 60.6 Å². The molecule has 0 saturated carbocycles. The van der Waals surface area contributed by atoms with Crippen LogP contribution in [0.25, 0.3) is 11.4 Å². The largest absolute Gasteiger partial charge is 0.497 e. The van der Waals surface area contributed by atoms with Gasteiger partial charge in [-0.2, -0.15) is 9.29 Å². The van der Waals surface area contributed by atoms with Gasteiger partial charge < -0.3 is 14.2 Å². The van der Waals surface area contributed by atoms with Crippen molar-refractivity contribution < 1.29 is 22.5 Å². The number of likely N-dealkylation sites (N-methyl/N-ethyl adjacent to an activating group) is 1. The minimum atomic E-state index is -3.59. The first kappa shape index (κ1) is 23.4. The molecule has 3 rings (SSSR count). The second-order valence-corrected chi connectivity index (χ2v) is 9.49. The summed E-state index contributed by atoms with van der Waals surface area (Å²) in [6, 6.07) is 14.7. The summed E-state index contributed by atoms with van der Waals surface area (Å²) >= 11 is 0. The first-order valence-corrected chi connectivity index (χ1v) is 11.7. The van der Waals surface area contributed by atoms with Gasteiger partial charge in [0.05, 0.1) is 26.5 Å². The Morgan fingerprint density at radius 3 is 2.31 bits per heavy atom. The maximum absolute atomic E-state index is 12.7. The molecule has 0 aliphatic heterocycles. The van der Waals surface area contributed by atoms with Gasteiger partial charge in [-0.15, -0.1) is 0 Å². The number of carbonyl (C=O) groups excluding carboxylic acids is 1. The minimum absolute atomic E-state index is 0.0596. The Kier molecular flexibility index (Phi) is 7.26. The van der Waals surface area contributed by atoms with Gasteiger partial charge in [0, 0.05) is 19.2 Å². The fraction of sp³-hybridized carbons (Fsp3) is 0.318. The van der Waals surface area contributed by atoms with E-state index in [2.05, 4.69) is 10.1 Å². The highest BCUT2D eigenvalue weighted by Gasteiger charge is 2.23. The fourth-order valence-corrected chi connectivity index (χ4v) is 3.66. The molecule has 0 unspecified atom stereocenters. The fourth-order valence-electron chi connectivity index (χ4n) is 2.93. The summed E-state index contributed by atoms with van der Waals surface area (Å²) in [5, 5.41) is 3.95. The number of hydrogen-bond donors (Lipinski definition) is 0. The molecule has 0 N–H and O–H groups in total. The van der Waals surface area contributed by atoms with E-state index >= 15 is 0 Å². The second-order valence-electron chi connectivity index (χ2n) is 7.51. The van der Waals surface area contributed by atoms with Gasteiger partial charge in [0.1, 0.15) is 5.75 Å². The zero-order chi connectivity index (χ0) is 23.3. The van der Waals surface area contributed by atoms with Crippen molar-refractivity contribution >= 4 is 15.9 Å². The van der Waals surface area contributed by atoms with Crippen LogP contribution in [0, 0.1) is 6.92 Å². The molecule has 0 aliphatic rings. The van der Waals surface area contributed by atoms with Crippen LogP contribution in [0.3, 0.4) is 0 Å². The number of carbonyl (C=O) groups is 1. The molecule has 0 atom stereocenters. The van der Waals surface area contributed by atoms with Gasteiger partial charge in [-0.3, -0.25) is 4.79 Å². The minimum Gasteiger partial charge on any atom is -0.497 e. The molecule has 0 radical (unpaired) electrons. The molecule has 1 heterocycles. The first-order chi connectivity index (χ1) is 15.2. The van der Waals surface area contributed by atoms with Crippen molar-refractivity contribution in [3.63, 3.8) is 0 Å². The van der Waals surface area contributed by atoms with Crippen molar-refractivity contribution in [1.29, 1.82) is 0 Å². The molecule has 0 bridgehead atoms. The Morgan fingerprint density at radius 2 is 1.72 bits per heavy atom. The highest BCUT2D eigenvalue weighted by molar-refractivity contribution is 7.88. The van der Waals surface area contributed by atoms with Crippen LogP contribution in [0.5, 0.6) is 5.75 Å². The smallest absolute Gasteiger partial charge is 0.246 e. The molecule has 9 nitrogen and oxygen atoms in total. The van der Waals surface area contributed by atoms with Crippen molar-refractivity contribution in [3.05, 3.63) is 65.5 Å². The lowest BCUT2D eigenvalue weighted by Crippen LogP contribution is -2.40. The molecular formula is C22H26N4O5S. The summed E-state index contributed by atoms with van der Waals surface area (Å²) in [7, 11) is -0.443. The van der Waals surface area contributed by atoms with Gasteiger partial charge >= 0.3 is 0 Å². The van der Waals surface area contributed by atoms with Crippen LogP contribution >= 0.6 is 0 Å². The van der Waals surface area contributed by atoms with Crippen molar-refractivity contribution in [3.8, 4) is 17.1 Å². The Labute approximate surface area is 187 Å². The van der Waals surface area contributed by atoms with Gasteiger partial charge in [0.25, 0.3) is 0 Å². The van der Waals surface area contributed by atoms with Gasteiger partial charge in [-0.05, 0) is 36.8 Å². The van der Waals surface area contributed by atoms with Gasteiger partial charge in [0.2, 0.25) is 27.6 Å². The zero-order valence-electron chi connectivity index (χ0n) is 18.5. The second kappa shape index (κ2) is 9.92. The van der Waals surface area contributed by atoms with E-state index in [1.165, 1.54) is 4.90 Å². The Balaban J connectivity index is 1.64. The van der Waals surface area contributed by atoms with E-state index in [9.17, 15) is 13.2 Å². The molecular weight excluding hydrogens is 432 g/mol. The summed E-state index contributed by atoms with van der Waals surface area (Å²) in [5.41, 5.74) is 2.62. The van der Waals surface area contributed by atoms with Gasteiger partial charge in [-0.25, -0.2) is 8.42 Å². The van der Waals surface area contributed by atoms with Crippen LogP contribution in [0.4, 0.5) is 0 Å². The molecule has 1 aromatic heterocycles. The third-order valence-electron chi connectivity index (χ3n) is 4.87. The average molecular weight is 459 g/mol. The molecule has 0 fully saturated rings. The molecule has 3 aromatic rings. The van der Waals surface area contributed by atoms with E-state index in [4.69, 9.17) is 9.26 Å². The number of amides is 1. The van der Waals surface area contributed by atoms with Crippen molar-refractivity contribution in [1.82, 2.24) is 19.3 Å². The highest BCUT2D eigenvalue weighted by Crippen LogP contribution is 2.20. The number of rotatable bonds is 9. The van der Waals surface area contributed by atoms with Crippen LogP contribution in [-0.2, 0) is 27.9 Å². The van der Waals surface area contributed by atoms with Crippen LogP contribution in [0.15, 0.2) is 53.1 Å². The SMILES string of the molecule is COc1ccc(-c2noc(CN(C)C(=O)CN(Cc3ccc(C)cc3)S(C)(=O)=O)n2)cc1. The number of aryl methyl sites for hydroxylation is 1. The van der Waals surface area contributed by atoms with E-state index in [-0.39, 0.29) is 31.4 Å². The molecule has 0 aliphatic carbocycles. The Morgan fingerprint density at radius 1 is 1.06 bits per heavy atom. The molecule has 10 heteroatoms. The first-order valence-electron chi connectivity index (χ1n) is 9.87. The summed E-state index contributed by atoms with van der Waals surface area (Å²) < 4.78 is 36.0. The molecule has 0 saturated heterocycles. The summed E-state index contributed by atoms with van der Waals surface area (Å²) in [6.45, 7) is 1.84. The Hall–Kier alpha value is -3.24. The number of nitrogens with zero attached hydrogens (tertiary/aromatic N) is 4. The lowest BCUT2D eigenvalue weighted by molar-refractivity contribution is -0.131. The summed E-state index contributed by atoms with van der Waals surface area (Å²) in [5.74, 6) is 0.965. The van der Waals surface area contributed by atoms with E-state index in [1.54, 1.807) is 38.4 Å². The highest BCUT2D eigenvalue weighted by atomic mass is 32.2. The number of aromatic nitrogens is 2. The molecule has 170 valence electrons. The Bertz CT molecular complexity index is 1160. The average Bonchev–Trinajstić information content (AvgIpc) is 3.22. The van der Waals surface area contributed by atoms with Crippen LogP contribution in [0.1, 0.15) is 17.0 Å². The maximum Gasteiger partial charge on any atom is 0.246 e. The van der Waals surface area contributed by atoms with Crippen LogP contribution < -0.4 is 4.74 Å². The maximum atomic E-state index is 12.7. The van der Waals surface area contributed by atoms with Crippen molar-refractivity contribution in [2.75, 3.05) is 27.0 Å². The standard InChI is InChI=1S/C22H26N4O5S/c1-16-5-7-17(8-6-16)13-26(32(4,28)29)15-21(27)25(2)14-20-23-22(24-31-20)18-9-11-19(30-3)12-10-18/h5-12H,13-15H2,1-4H3. The number of methoxy groups -OCH3 is 1. The quantitative estimate of drug-likeness (QED) is 0.485. The van der Waals surface area contributed by atoms with Gasteiger partial charge in [0.15, 0.2) is 0 Å². The predicted molar refractivity (Wildman–Crippen MR) is 119 cm³/mol. The molecule has 2 aromatic carbocycles. The monoisotopic (exact) mass is 458 g/mol. The zero-order valence-corrected chi connectivity index (χ0v) is 19.3. The van der Waals surface area contributed by atoms with E-state index in [0.717, 1.165) is 27.3 Å². The number of hydrogen-bond acceptors (Lipinski definition) is 7. The van der Waals surface area contributed by atoms with Crippen molar-refractivity contribution in [2.45, 2.75) is 20.0 Å². The van der Waals surface area contributed by atoms with E-state index in [0.29, 0.717) is 11.6 Å². The summed E-state index contributed by atoms with van der Waals surface area (Å²) in [4.78, 5) is 18.4. The molecule has 0 spiro atoms. The lowest BCUT2D eigenvalue weighted by atomic mass is 10.1. The molecule has 32 heavy (non-hydrogen) atoms. The topological polar surface area (TPSA) is 106 Å². The van der Waals surface area contributed by atoms with Crippen LogP contribution in [0.2, 0.25) is 0 Å². The van der Waals surface area contributed by atoms with E-state index in [1.807, 2.05) is 31.2 Å². The number of sulfonamides is 1. The third kappa shape index (κ3) is 6.14. The van der Waals surface area contributed by atoms with Gasteiger partial charge in [-0.1, -0.05) is 35.0 Å². The predicted octanol–water partition coefficient (Wildman–Crippen LogP) is 2.47. The van der Waals surface area contributed by atoms with Crippen molar-refractivity contribution in [2.24, 2.45) is 0 Å². The third-order valence-corrected chi connectivity index (χ3v) is 6.07. The summed E-state index contributed by atoms with van der Waals surface area (Å²) in [6.07, 6.45) is 1.09. The molecule has 1 amide bonds. The lowest BCUT2D eigenvalue weighted by Gasteiger charge is -2.23. The number of benzene rings is 2. The van der Waals surface area contributed by atoms with E-state index < -0.39 is 10.0 Å².